The maximum absolute atomic E-state index is 14.7. The van der Waals surface area contributed by atoms with E-state index in [0.717, 1.165) is 32.1 Å². The molecule has 2 spiro atoms. The van der Waals surface area contributed by atoms with Crippen molar-refractivity contribution in [2.24, 2.45) is 51.8 Å². The molecule has 6 rings (SSSR count). The van der Waals surface area contributed by atoms with Gasteiger partial charge in [0.1, 0.15) is 0 Å². The number of fused-ring (bicyclic) bond motifs is 2. The van der Waals surface area contributed by atoms with Gasteiger partial charge in [0.05, 0.1) is 17.3 Å². The minimum Gasteiger partial charge on any atom is -0.388 e. The fourth-order valence-electron chi connectivity index (χ4n) is 11.7. The third-order valence-corrected chi connectivity index (χ3v) is 13.0. The standard InChI is InChI=1S/C29H46F2O2/c1-17-15-21-20-8-7-19-18(2)29(30,31)14-13-27(19)16-28(20,27)12-11-25(21,5)23(17)26(6)10-9-22(33-26)24(3,4)32/h17-23,32H,7-16H2,1-6H3. The van der Waals surface area contributed by atoms with Gasteiger partial charge in [-0.25, -0.2) is 8.78 Å². The summed E-state index contributed by atoms with van der Waals surface area (Å²) in [6, 6.07) is 0. The second kappa shape index (κ2) is 6.55. The van der Waals surface area contributed by atoms with Crippen LogP contribution in [0, 0.1) is 51.8 Å². The Balaban J connectivity index is 1.29. The Labute approximate surface area is 199 Å². The van der Waals surface area contributed by atoms with Crippen LogP contribution in [-0.4, -0.2) is 28.3 Å². The molecule has 0 radical (unpaired) electrons. The second-order valence-electron chi connectivity index (χ2n) is 14.7. The highest BCUT2D eigenvalue weighted by Crippen LogP contribution is 2.87. The summed E-state index contributed by atoms with van der Waals surface area (Å²) in [7, 11) is 0. The molecule has 33 heavy (non-hydrogen) atoms. The molecule has 0 amide bonds. The summed E-state index contributed by atoms with van der Waals surface area (Å²) in [6.07, 6.45) is 9.93. The van der Waals surface area contributed by atoms with Gasteiger partial charge < -0.3 is 9.84 Å². The minimum atomic E-state index is -2.46. The minimum absolute atomic E-state index is 0.0835. The van der Waals surface area contributed by atoms with Crippen LogP contribution < -0.4 is 0 Å². The summed E-state index contributed by atoms with van der Waals surface area (Å²) in [6.45, 7) is 13.0. The van der Waals surface area contributed by atoms with Gasteiger partial charge in [0.25, 0.3) is 5.92 Å². The lowest BCUT2D eigenvalue weighted by molar-refractivity contribution is -0.178. The Kier molecular flexibility index (Phi) is 4.61. The summed E-state index contributed by atoms with van der Waals surface area (Å²) in [5.74, 6) is -0.127. The van der Waals surface area contributed by atoms with Gasteiger partial charge in [-0.15, -0.1) is 0 Å². The van der Waals surface area contributed by atoms with E-state index >= 15 is 0 Å². The van der Waals surface area contributed by atoms with Crippen LogP contribution in [0.3, 0.4) is 0 Å². The highest BCUT2D eigenvalue weighted by atomic mass is 19.3. The average Bonchev–Trinajstić information content (AvgIpc) is 3.06. The summed E-state index contributed by atoms with van der Waals surface area (Å²) in [4.78, 5) is 0. The fourth-order valence-corrected chi connectivity index (χ4v) is 11.7. The molecule has 4 heteroatoms. The highest BCUT2D eigenvalue weighted by molar-refractivity contribution is 5.28. The first-order chi connectivity index (χ1) is 15.2. The zero-order valence-electron chi connectivity index (χ0n) is 21.7. The van der Waals surface area contributed by atoms with Gasteiger partial charge in [-0.3, -0.25) is 0 Å². The largest absolute Gasteiger partial charge is 0.388 e. The summed E-state index contributed by atoms with van der Waals surface area (Å²) < 4.78 is 36.1. The van der Waals surface area contributed by atoms with Crippen molar-refractivity contribution in [3.05, 3.63) is 0 Å². The predicted octanol–water partition coefficient (Wildman–Crippen LogP) is 7.24. The monoisotopic (exact) mass is 464 g/mol. The molecular weight excluding hydrogens is 418 g/mol. The predicted molar refractivity (Wildman–Crippen MR) is 126 cm³/mol. The van der Waals surface area contributed by atoms with Gasteiger partial charge in [-0.1, -0.05) is 20.8 Å². The Morgan fingerprint density at radius 1 is 0.848 bits per heavy atom. The SMILES string of the molecule is CC1CC2C3CCC4C(C)C(F)(F)CCC45CC35CCC2(C)C1C1(C)CCC(C(C)(C)O)O1. The van der Waals surface area contributed by atoms with Crippen molar-refractivity contribution < 1.29 is 18.6 Å². The van der Waals surface area contributed by atoms with E-state index in [1.807, 2.05) is 20.8 Å². The van der Waals surface area contributed by atoms with Crippen molar-refractivity contribution in [2.45, 2.75) is 129 Å². The van der Waals surface area contributed by atoms with Crippen molar-refractivity contribution in [2.75, 3.05) is 0 Å². The molecule has 0 aromatic carbocycles. The van der Waals surface area contributed by atoms with Gasteiger partial charge in [-0.05, 0) is 124 Å². The summed E-state index contributed by atoms with van der Waals surface area (Å²) >= 11 is 0. The molecule has 6 aliphatic rings. The van der Waals surface area contributed by atoms with Crippen LogP contribution in [0.5, 0.6) is 0 Å². The van der Waals surface area contributed by atoms with E-state index in [0.29, 0.717) is 29.1 Å². The van der Waals surface area contributed by atoms with E-state index in [2.05, 4.69) is 20.8 Å². The molecule has 1 heterocycles. The van der Waals surface area contributed by atoms with Crippen LogP contribution >= 0.6 is 0 Å². The molecule has 5 aliphatic carbocycles. The first kappa shape index (κ1) is 23.2. The van der Waals surface area contributed by atoms with Gasteiger partial charge in [0.2, 0.25) is 0 Å². The third-order valence-electron chi connectivity index (χ3n) is 13.0. The van der Waals surface area contributed by atoms with Crippen LogP contribution in [0.25, 0.3) is 0 Å². The maximum Gasteiger partial charge on any atom is 0.250 e. The topological polar surface area (TPSA) is 29.5 Å². The van der Waals surface area contributed by atoms with Crippen molar-refractivity contribution in [1.82, 2.24) is 0 Å². The molecule has 1 aliphatic heterocycles. The molecule has 11 unspecified atom stereocenters. The maximum atomic E-state index is 14.7. The van der Waals surface area contributed by atoms with Crippen LogP contribution in [0.1, 0.15) is 106 Å². The van der Waals surface area contributed by atoms with Gasteiger partial charge in [0, 0.05) is 12.3 Å². The zero-order chi connectivity index (χ0) is 23.8. The molecule has 0 bridgehead atoms. The molecule has 6 fully saturated rings. The summed E-state index contributed by atoms with van der Waals surface area (Å²) in [5.41, 5.74) is -0.127. The van der Waals surface area contributed by atoms with E-state index in [4.69, 9.17) is 4.74 Å². The Bertz CT molecular complexity index is 836. The molecule has 5 saturated carbocycles. The smallest absolute Gasteiger partial charge is 0.250 e. The van der Waals surface area contributed by atoms with E-state index in [1.54, 1.807) is 0 Å². The van der Waals surface area contributed by atoms with Crippen LogP contribution in [0.15, 0.2) is 0 Å². The molecule has 11 atom stereocenters. The molecule has 1 saturated heterocycles. The molecule has 0 aromatic heterocycles. The zero-order valence-corrected chi connectivity index (χ0v) is 21.7. The number of halogens is 2. The number of hydrogen-bond acceptors (Lipinski definition) is 2. The molecular formula is C29H46F2O2. The second-order valence-corrected chi connectivity index (χ2v) is 14.7. The van der Waals surface area contributed by atoms with Crippen LogP contribution in [0.4, 0.5) is 8.78 Å². The van der Waals surface area contributed by atoms with Crippen molar-refractivity contribution >= 4 is 0 Å². The number of rotatable bonds is 2. The average molecular weight is 465 g/mol. The first-order valence-corrected chi connectivity index (χ1v) is 14.0. The van der Waals surface area contributed by atoms with Crippen LogP contribution in [0.2, 0.25) is 0 Å². The number of alkyl halides is 2. The van der Waals surface area contributed by atoms with Crippen LogP contribution in [-0.2, 0) is 4.74 Å². The number of aliphatic hydroxyl groups is 1. The summed E-state index contributed by atoms with van der Waals surface area (Å²) in [5, 5.41) is 10.6. The first-order valence-electron chi connectivity index (χ1n) is 14.0. The fraction of sp³-hybridized carbons (Fsp3) is 1.00. The Morgan fingerprint density at radius 2 is 1.48 bits per heavy atom. The molecule has 188 valence electrons. The van der Waals surface area contributed by atoms with Gasteiger partial charge in [0.15, 0.2) is 0 Å². The van der Waals surface area contributed by atoms with Gasteiger partial charge in [-0.2, -0.15) is 0 Å². The van der Waals surface area contributed by atoms with E-state index in [-0.39, 0.29) is 34.9 Å². The van der Waals surface area contributed by atoms with Gasteiger partial charge >= 0.3 is 0 Å². The van der Waals surface area contributed by atoms with Crippen molar-refractivity contribution in [3.8, 4) is 0 Å². The quantitative estimate of drug-likeness (QED) is 0.467. The normalized spacial score (nSPS) is 59.4. The molecule has 0 aromatic rings. The Morgan fingerprint density at radius 3 is 2.15 bits per heavy atom. The lowest BCUT2D eigenvalue weighted by Gasteiger charge is -2.58. The van der Waals surface area contributed by atoms with E-state index < -0.39 is 17.4 Å². The highest BCUT2D eigenvalue weighted by Gasteiger charge is 2.81. The lowest BCUT2D eigenvalue weighted by atomic mass is 9.47. The molecule has 1 N–H and O–H groups in total. The number of hydrogen-bond donors (Lipinski definition) is 1. The Hall–Kier alpha value is -0.220. The molecule has 2 nitrogen and oxygen atoms in total. The third kappa shape index (κ3) is 2.77. The lowest BCUT2D eigenvalue weighted by Crippen LogP contribution is -2.54. The van der Waals surface area contributed by atoms with E-state index in [1.165, 1.54) is 25.7 Å². The van der Waals surface area contributed by atoms with E-state index in [9.17, 15) is 13.9 Å². The van der Waals surface area contributed by atoms with Crippen molar-refractivity contribution in [1.29, 1.82) is 0 Å². The van der Waals surface area contributed by atoms with Crippen molar-refractivity contribution in [3.63, 3.8) is 0 Å². The number of ether oxygens (including phenoxy) is 1.